The average molecular weight is 172 g/mol. The van der Waals surface area contributed by atoms with Crippen molar-refractivity contribution in [3.05, 3.63) is 12.2 Å². The van der Waals surface area contributed by atoms with Gasteiger partial charge in [-0.05, 0) is 31.1 Å². The van der Waals surface area contributed by atoms with Crippen LogP contribution in [0.1, 0.15) is 19.3 Å². The van der Waals surface area contributed by atoms with E-state index in [9.17, 15) is 0 Å². The molecule has 2 aliphatic carbocycles. The third-order valence-electron chi connectivity index (χ3n) is 2.17. The van der Waals surface area contributed by atoms with Crippen molar-refractivity contribution in [3.8, 4) is 0 Å². The van der Waals surface area contributed by atoms with E-state index in [2.05, 4.69) is 16.3 Å². The lowest BCUT2D eigenvalue weighted by Gasteiger charge is -1.96. The fraction of sp³-hybridized carbons (Fsp3) is 0.714. The summed E-state index contributed by atoms with van der Waals surface area (Å²) in [5.41, 5.74) is 0. The zero-order valence-corrected chi connectivity index (χ0v) is 10.8. The Morgan fingerprint density at radius 1 is 1.10 bits per heavy atom. The standard InChI is InChI=1S/C7H10.H6OSi2/c1-2-7-4-3-6(1)5-7;2-1-3/h1-2,6-7H,3-5H2;2-3H3. The van der Waals surface area contributed by atoms with E-state index in [0.717, 1.165) is 32.8 Å². The Morgan fingerprint density at radius 2 is 1.50 bits per heavy atom. The van der Waals surface area contributed by atoms with Gasteiger partial charge < -0.3 is 4.12 Å². The molecule has 1 saturated carbocycles. The molecule has 0 spiro atoms. The second-order valence-electron chi connectivity index (χ2n) is 3.13. The maximum absolute atomic E-state index is 4.53. The molecule has 2 aliphatic rings. The average Bonchev–Trinajstić information content (AvgIpc) is 2.49. The van der Waals surface area contributed by atoms with Gasteiger partial charge in [0.2, 0.25) is 0 Å². The summed E-state index contributed by atoms with van der Waals surface area (Å²) in [6.07, 6.45) is 9.19. The fourth-order valence-corrected chi connectivity index (χ4v) is 1.72. The van der Waals surface area contributed by atoms with Crippen LogP contribution in [0, 0.1) is 11.8 Å². The molecule has 0 amide bonds. The van der Waals surface area contributed by atoms with Crippen molar-refractivity contribution in [1.82, 2.24) is 0 Å². The Kier molecular flexibility index (Phi) is 3.38. The lowest BCUT2D eigenvalue weighted by Crippen LogP contribution is -1.82. The van der Waals surface area contributed by atoms with Crippen LogP contribution in [-0.2, 0) is 4.12 Å². The van der Waals surface area contributed by atoms with Crippen LogP contribution in [0.25, 0.3) is 0 Å². The second-order valence-corrected chi connectivity index (χ2v) is 6.39. The predicted octanol–water partition coefficient (Wildman–Crippen LogP) is -0.464. The van der Waals surface area contributed by atoms with Crippen LogP contribution in [0.3, 0.4) is 0 Å². The first kappa shape index (κ1) is 8.23. The van der Waals surface area contributed by atoms with Gasteiger partial charge in [-0.1, -0.05) is 12.2 Å². The van der Waals surface area contributed by atoms with Crippen LogP contribution in [-0.4, -0.2) is 21.0 Å². The van der Waals surface area contributed by atoms with E-state index in [0.29, 0.717) is 0 Å². The number of fused-ring (bicyclic) bond motifs is 2. The van der Waals surface area contributed by atoms with Gasteiger partial charge in [-0.15, -0.1) is 0 Å². The molecule has 1 nitrogen and oxygen atoms in total. The number of hydrogen-bond acceptors (Lipinski definition) is 1. The Bertz CT molecular complexity index is 113. The molecule has 0 aromatic rings. The zero-order chi connectivity index (χ0) is 7.40. The normalized spacial score (nSPS) is 34.4. The SMILES string of the molecule is C1=CC2CCC1C2.[SiH3]O[SiH3]. The Labute approximate surface area is 68.9 Å². The van der Waals surface area contributed by atoms with Crippen LogP contribution in [0.2, 0.25) is 0 Å². The third kappa shape index (κ3) is 2.07. The Hall–Kier alpha value is 0.134. The Balaban J connectivity index is 0.000000148. The molecule has 0 saturated heterocycles. The van der Waals surface area contributed by atoms with E-state index in [4.69, 9.17) is 0 Å². The maximum Gasteiger partial charge on any atom is 0.129 e. The molecular formula is C7H16OSi2. The van der Waals surface area contributed by atoms with Crippen molar-refractivity contribution >= 4 is 21.0 Å². The molecule has 3 heteroatoms. The maximum atomic E-state index is 4.53. The van der Waals surface area contributed by atoms with Gasteiger partial charge in [0, 0.05) is 0 Å². The van der Waals surface area contributed by atoms with Gasteiger partial charge >= 0.3 is 0 Å². The summed E-state index contributed by atoms with van der Waals surface area (Å²) in [6.45, 7) is 0. The van der Waals surface area contributed by atoms with Gasteiger partial charge in [0.05, 0.1) is 0 Å². The molecule has 1 fully saturated rings. The molecule has 0 radical (unpaired) electrons. The van der Waals surface area contributed by atoms with Gasteiger partial charge in [0.25, 0.3) is 0 Å². The fourth-order valence-electron chi connectivity index (χ4n) is 1.72. The summed E-state index contributed by atoms with van der Waals surface area (Å²) in [5.74, 6) is 1.98. The van der Waals surface area contributed by atoms with E-state index in [1.807, 2.05) is 0 Å². The molecule has 2 bridgehead atoms. The minimum absolute atomic E-state index is 0.931. The molecule has 2 unspecified atom stereocenters. The van der Waals surface area contributed by atoms with Crippen molar-refractivity contribution in [2.75, 3.05) is 0 Å². The summed E-state index contributed by atoms with van der Waals surface area (Å²) >= 11 is 0. The first-order valence-corrected chi connectivity index (χ1v) is 5.58. The van der Waals surface area contributed by atoms with Crippen LogP contribution >= 0.6 is 0 Å². The number of rotatable bonds is 0. The van der Waals surface area contributed by atoms with Gasteiger partial charge in [-0.25, -0.2) is 0 Å². The monoisotopic (exact) mass is 172 g/mol. The predicted molar refractivity (Wildman–Crippen MR) is 50.9 cm³/mol. The van der Waals surface area contributed by atoms with E-state index >= 15 is 0 Å². The summed E-state index contributed by atoms with van der Waals surface area (Å²) in [4.78, 5) is 0. The summed E-state index contributed by atoms with van der Waals surface area (Å²) in [5, 5.41) is 0. The third-order valence-corrected chi connectivity index (χ3v) is 2.17. The van der Waals surface area contributed by atoms with Crippen molar-refractivity contribution < 1.29 is 4.12 Å². The highest BCUT2D eigenvalue weighted by Crippen LogP contribution is 2.38. The van der Waals surface area contributed by atoms with E-state index < -0.39 is 0 Å². The number of hydrogen-bond donors (Lipinski definition) is 0. The van der Waals surface area contributed by atoms with Gasteiger partial charge in [0.15, 0.2) is 0 Å². The summed E-state index contributed by atoms with van der Waals surface area (Å²) in [7, 11) is 1.86. The summed E-state index contributed by atoms with van der Waals surface area (Å²) in [6, 6.07) is 0. The van der Waals surface area contributed by atoms with E-state index in [1.165, 1.54) is 19.3 Å². The van der Waals surface area contributed by atoms with Crippen molar-refractivity contribution in [1.29, 1.82) is 0 Å². The second kappa shape index (κ2) is 4.10. The molecule has 0 N–H and O–H groups in total. The molecule has 0 aromatic heterocycles. The highest BCUT2D eigenvalue weighted by Gasteiger charge is 2.25. The van der Waals surface area contributed by atoms with E-state index in [-0.39, 0.29) is 0 Å². The van der Waals surface area contributed by atoms with Crippen molar-refractivity contribution in [2.45, 2.75) is 19.3 Å². The molecule has 0 aliphatic heterocycles. The van der Waals surface area contributed by atoms with Crippen molar-refractivity contribution in [3.63, 3.8) is 0 Å². The summed E-state index contributed by atoms with van der Waals surface area (Å²) < 4.78 is 4.53. The van der Waals surface area contributed by atoms with Gasteiger partial charge in [-0.3, -0.25) is 0 Å². The molecule has 58 valence electrons. The van der Waals surface area contributed by atoms with Crippen LogP contribution in [0.5, 0.6) is 0 Å². The van der Waals surface area contributed by atoms with Crippen LogP contribution < -0.4 is 0 Å². The largest absolute Gasteiger partial charge is 0.471 e. The van der Waals surface area contributed by atoms with Gasteiger partial charge in [-0.2, -0.15) is 0 Å². The lowest BCUT2D eigenvalue weighted by molar-refractivity contribution is 0.690. The lowest BCUT2D eigenvalue weighted by atomic mass is 10.1. The van der Waals surface area contributed by atoms with Crippen LogP contribution in [0.4, 0.5) is 0 Å². The van der Waals surface area contributed by atoms with Gasteiger partial charge in [0.1, 0.15) is 21.0 Å². The topological polar surface area (TPSA) is 9.23 Å². The smallest absolute Gasteiger partial charge is 0.129 e. The Morgan fingerprint density at radius 3 is 1.60 bits per heavy atom. The first-order valence-electron chi connectivity index (χ1n) is 3.95. The molecular weight excluding hydrogens is 156 g/mol. The molecule has 0 aromatic carbocycles. The molecule has 0 heterocycles. The minimum atomic E-state index is 0.931. The number of allylic oxidation sites excluding steroid dienone is 2. The quantitative estimate of drug-likeness (QED) is 0.355. The molecule has 2 rings (SSSR count). The minimum Gasteiger partial charge on any atom is -0.471 e. The highest BCUT2D eigenvalue weighted by atomic mass is 28.3. The first-order chi connectivity index (χ1) is 4.86. The zero-order valence-electron chi connectivity index (χ0n) is 6.84. The van der Waals surface area contributed by atoms with E-state index in [1.54, 1.807) is 0 Å². The molecule has 10 heavy (non-hydrogen) atoms. The van der Waals surface area contributed by atoms with Crippen molar-refractivity contribution in [2.24, 2.45) is 11.8 Å². The van der Waals surface area contributed by atoms with Crippen LogP contribution in [0.15, 0.2) is 12.2 Å². The highest BCUT2D eigenvalue weighted by molar-refractivity contribution is 6.15. The molecule has 2 atom stereocenters.